The Kier molecular flexibility index (Phi) is 7.38. The van der Waals surface area contributed by atoms with Crippen LogP contribution in [0.1, 0.15) is 65.2 Å². The predicted octanol–water partition coefficient (Wildman–Crippen LogP) is -1.44. The van der Waals surface area contributed by atoms with E-state index in [2.05, 4.69) is 0 Å². The number of aliphatic hydroxyl groups excluding tert-OH is 6. The van der Waals surface area contributed by atoms with Crippen LogP contribution in [0.15, 0.2) is 0 Å². The third-order valence-electron chi connectivity index (χ3n) is 12.6. The van der Waals surface area contributed by atoms with Gasteiger partial charge in [-0.25, -0.2) is 0 Å². The van der Waals surface area contributed by atoms with Crippen molar-refractivity contribution in [2.75, 3.05) is 13.2 Å². The standard InChI is InChI=1S/C29H46O12/c1-13-22(34)23(35)24(36)25(40-13)41-15-8-19(32)28(12-30)21-17(3-5-27(28,37)9-15)29(38)6-4-16(14-7-20(33)39-11-14)26(29,2)10-18(21)31/h13-19,21-25,30-32,34-38H,3-12H2,1-2H3/t13-,14?,15-,16+,17?,18+,19+,21?,22-,23+,24+,25-,26?,27?,28?,29?/m0/s1. The topological polar surface area (TPSA) is 207 Å². The molecule has 41 heavy (non-hydrogen) atoms. The summed E-state index contributed by atoms with van der Waals surface area (Å²) in [5.74, 6) is -1.63. The molecule has 4 aliphatic carbocycles. The fourth-order valence-electron chi connectivity index (χ4n) is 10.5. The average Bonchev–Trinajstić information content (AvgIpc) is 3.45. The Morgan fingerprint density at radius 3 is 2.34 bits per heavy atom. The minimum atomic E-state index is -1.66. The molecule has 12 heteroatoms. The molecule has 4 saturated carbocycles. The van der Waals surface area contributed by atoms with E-state index < -0.39 is 89.5 Å². The van der Waals surface area contributed by atoms with Crippen LogP contribution in [0.5, 0.6) is 0 Å². The van der Waals surface area contributed by atoms with Crippen molar-refractivity contribution in [3.8, 4) is 0 Å². The summed E-state index contributed by atoms with van der Waals surface area (Å²) in [5, 5.41) is 89.7. The molecule has 0 aromatic carbocycles. The van der Waals surface area contributed by atoms with Crippen LogP contribution in [0, 0.1) is 34.5 Å². The molecule has 6 rings (SSSR count). The van der Waals surface area contributed by atoms with Gasteiger partial charge in [-0.1, -0.05) is 6.92 Å². The lowest BCUT2D eigenvalue weighted by Crippen LogP contribution is -2.76. The molecule has 2 heterocycles. The third-order valence-corrected chi connectivity index (χ3v) is 12.6. The number of esters is 1. The molecular formula is C29H46O12. The van der Waals surface area contributed by atoms with E-state index >= 15 is 0 Å². The number of ether oxygens (including phenoxy) is 3. The average molecular weight is 587 g/mol. The van der Waals surface area contributed by atoms with Crippen LogP contribution >= 0.6 is 0 Å². The van der Waals surface area contributed by atoms with Gasteiger partial charge in [0.25, 0.3) is 0 Å². The number of carbonyl (C=O) groups excluding carboxylic acids is 1. The summed E-state index contributed by atoms with van der Waals surface area (Å²) >= 11 is 0. The van der Waals surface area contributed by atoms with Gasteiger partial charge >= 0.3 is 5.97 Å². The Bertz CT molecular complexity index is 1030. The van der Waals surface area contributed by atoms with Crippen LogP contribution in [0.3, 0.4) is 0 Å². The summed E-state index contributed by atoms with van der Waals surface area (Å²) in [4.78, 5) is 11.9. The van der Waals surface area contributed by atoms with Gasteiger partial charge in [0.05, 0.1) is 60.7 Å². The lowest BCUT2D eigenvalue weighted by molar-refractivity contribution is -0.342. The first-order valence-electron chi connectivity index (χ1n) is 15.1. The Balaban J connectivity index is 1.27. The van der Waals surface area contributed by atoms with Gasteiger partial charge in [0.1, 0.15) is 18.3 Å². The van der Waals surface area contributed by atoms with Crippen molar-refractivity contribution >= 4 is 5.97 Å². The maximum Gasteiger partial charge on any atom is 0.306 e. The summed E-state index contributed by atoms with van der Waals surface area (Å²) < 4.78 is 16.8. The molecule has 0 aromatic rings. The van der Waals surface area contributed by atoms with Gasteiger partial charge in [0.2, 0.25) is 0 Å². The van der Waals surface area contributed by atoms with Crippen molar-refractivity contribution in [3.63, 3.8) is 0 Å². The van der Waals surface area contributed by atoms with Crippen LogP contribution in [0.4, 0.5) is 0 Å². The van der Waals surface area contributed by atoms with Gasteiger partial charge in [-0.3, -0.25) is 4.79 Å². The molecule has 7 unspecified atom stereocenters. The monoisotopic (exact) mass is 586 g/mol. The lowest BCUT2D eigenvalue weighted by Gasteiger charge is -2.68. The van der Waals surface area contributed by atoms with E-state index in [-0.39, 0.29) is 49.9 Å². The summed E-state index contributed by atoms with van der Waals surface area (Å²) in [6.45, 7) is 3.20. The van der Waals surface area contributed by atoms with Gasteiger partial charge < -0.3 is 55.1 Å². The maximum absolute atomic E-state index is 12.4. The summed E-state index contributed by atoms with van der Waals surface area (Å²) in [6, 6.07) is 0. The second-order valence-corrected chi connectivity index (χ2v) is 14.2. The molecule has 0 radical (unpaired) electrons. The molecular weight excluding hydrogens is 540 g/mol. The van der Waals surface area contributed by atoms with Gasteiger partial charge in [-0.2, -0.15) is 0 Å². The number of fused-ring (bicyclic) bond motifs is 5. The number of hydrogen-bond donors (Lipinski definition) is 8. The van der Waals surface area contributed by atoms with Crippen molar-refractivity contribution < 1.29 is 59.9 Å². The molecule has 12 nitrogen and oxygen atoms in total. The molecule has 0 aromatic heterocycles. The second kappa shape index (κ2) is 10.0. The van der Waals surface area contributed by atoms with Crippen LogP contribution in [-0.2, 0) is 19.0 Å². The normalized spacial score (nSPS) is 58.8. The van der Waals surface area contributed by atoms with Crippen molar-refractivity contribution in [2.45, 2.75) is 125 Å². The van der Waals surface area contributed by atoms with Gasteiger partial charge in [0, 0.05) is 30.1 Å². The highest BCUT2D eigenvalue weighted by atomic mass is 16.7. The number of carbonyl (C=O) groups is 1. The molecule has 8 N–H and O–H groups in total. The Hall–Kier alpha value is -0.930. The van der Waals surface area contributed by atoms with E-state index in [1.807, 2.05) is 6.92 Å². The molecule has 16 atom stereocenters. The zero-order valence-corrected chi connectivity index (χ0v) is 23.7. The fourth-order valence-corrected chi connectivity index (χ4v) is 10.5. The Labute approximate surface area is 239 Å². The molecule has 0 amide bonds. The van der Waals surface area contributed by atoms with Crippen molar-refractivity contribution in [2.24, 2.45) is 34.5 Å². The van der Waals surface area contributed by atoms with E-state index in [0.29, 0.717) is 25.9 Å². The van der Waals surface area contributed by atoms with Crippen LogP contribution in [0.25, 0.3) is 0 Å². The number of hydrogen-bond acceptors (Lipinski definition) is 12. The summed E-state index contributed by atoms with van der Waals surface area (Å²) in [6.07, 6.45) is -7.60. The first-order chi connectivity index (χ1) is 19.2. The minimum absolute atomic E-state index is 0.0278. The van der Waals surface area contributed by atoms with E-state index in [4.69, 9.17) is 14.2 Å². The second-order valence-electron chi connectivity index (χ2n) is 14.2. The highest BCUT2D eigenvalue weighted by Gasteiger charge is 2.75. The molecule has 2 saturated heterocycles. The molecule has 0 bridgehead atoms. The summed E-state index contributed by atoms with van der Waals surface area (Å²) in [7, 11) is 0. The molecule has 2 aliphatic heterocycles. The first kappa shape index (κ1) is 30.1. The fraction of sp³-hybridized carbons (Fsp3) is 0.966. The van der Waals surface area contributed by atoms with Crippen molar-refractivity contribution in [1.29, 1.82) is 0 Å². The predicted molar refractivity (Wildman–Crippen MR) is 139 cm³/mol. The quantitative estimate of drug-likeness (QED) is 0.141. The molecule has 234 valence electrons. The third kappa shape index (κ3) is 4.05. The lowest BCUT2D eigenvalue weighted by atomic mass is 9.40. The van der Waals surface area contributed by atoms with E-state index in [9.17, 15) is 45.6 Å². The van der Waals surface area contributed by atoms with Crippen LogP contribution < -0.4 is 0 Å². The van der Waals surface area contributed by atoms with Gasteiger partial charge in [0.15, 0.2) is 6.29 Å². The molecule has 6 aliphatic rings. The highest BCUT2D eigenvalue weighted by molar-refractivity contribution is 5.71. The zero-order chi connectivity index (χ0) is 29.7. The van der Waals surface area contributed by atoms with Crippen LogP contribution in [0.2, 0.25) is 0 Å². The minimum Gasteiger partial charge on any atom is -0.465 e. The first-order valence-corrected chi connectivity index (χ1v) is 15.1. The van der Waals surface area contributed by atoms with E-state index in [1.165, 1.54) is 6.92 Å². The molecule has 6 fully saturated rings. The van der Waals surface area contributed by atoms with Crippen LogP contribution in [-0.4, -0.2) is 120 Å². The largest absolute Gasteiger partial charge is 0.465 e. The van der Waals surface area contributed by atoms with E-state index in [1.54, 1.807) is 0 Å². The number of aliphatic hydroxyl groups is 8. The van der Waals surface area contributed by atoms with Crippen molar-refractivity contribution in [3.05, 3.63) is 0 Å². The maximum atomic E-state index is 12.4. The van der Waals surface area contributed by atoms with E-state index in [0.717, 1.165) is 0 Å². The SMILES string of the molecule is C[C@@H]1O[C@@H](O[C@H]2C[C@@H](O)C3(CO)C4C(CCC3(O)C2)C2(O)CC[C@H](C3COC(=O)C3)C2(C)C[C@H]4O)[C@H](O)[C@H](O)[C@H]1O. The van der Waals surface area contributed by atoms with Crippen molar-refractivity contribution in [1.82, 2.24) is 0 Å². The Morgan fingerprint density at radius 1 is 0.976 bits per heavy atom. The number of rotatable bonds is 4. The summed E-state index contributed by atoms with van der Waals surface area (Å²) in [5.41, 5.74) is -5.13. The van der Waals surface area contributed by atoms with Gasteiger partial charge in [-0.05, 0) is 50.9 Å². The number of cyclic esters (lactones) is 1. The molecule has 0 spiro atoms. The smallest absolute Gasteiger partial charge is 0.306 e. The van der Waals surface area contributed by atoms with Gasteiger partial charge in [-0.15, -0.1) is 0 Å². The highest BCUT2D eigenvalue weighted by Crippen LogP contribution is 2.71. The zero-order valence-electron chi connectivity index (χ0n) is 23.7. The Morgan fingerprint density at radius 2 is 1.68 bits per heavy atom.